The molecule has 1 aliphatic carbocycles. The minimum Gasteiger partial charge on any atom is -0.309 e. The molecule has 0 spiro atoms. The Hall–Kier alpha value is -0.260. The third-order valence-electron chi connectivity index (χ3n) is 4.25. The van der Waals surface area contributed by atoms with Crippen molar-refractivity contribution in [2.45, 2.75) is 51.2 Å². The fourth-order valence-corrected chi connectivity index (χ4v) is 4.42. The van der Waals surface area contributed by atoms with Gasteiger partial charge in [0.25, 0.3) is 0 Å². The molecular formula is C15H21ClF3NS. The third-order valence-corrected chi connectivity index (χ3v) is 5.69. The molecule has 1 atom stereocenters. The van der Waals surface area contributed by atoms with Crippen molar-refractivity contribution < 1.29 is 13.2 Å². The Morgan fingerprint density at radius 2 is 2.00 bits per heavy atom. The molecule has 120 valence electrons. The van der Waals surface area contributed by atoms with Gasteiger partial charge in [-0.3, -0.25) is 0 Å². The molecule has 1 heterocycles. The maximum absolute atomic E-state index is 12.8. The minimum atomic E-state index is -4.04. The Kier molecular flexibility index (Phi) is 5.97. The van der Waals surface area contributed by atoms with Gasteiger partial charge in [-0.15, -0.1) is 11.3 Å². The van der Waals surface area contributed by atoms with E-state index in [0.717, 1.165) is 22.9 Å². The maximum atomic E-state index is 12.8. The summed E-state index contributed by atoms with van der Waals surface area (Å²) in [5.74, 6) is -0.884. The highest BCUT2D eigenvalue weighted by molar-refractivity contribution is 7.10. The third kappa shape index (κ3) is 4.36. The summed E-state index contributed by atoms with van der Waals surface area (Å²) in [6, 6.07) is 1.95. The van der Waals surface area contributed by atoms with Crippen LogP contribution < -0.4 is 5.32 Å². The van der Waals surface area contributed by atoms with Crippen molar-refractivity contribution in [2.24, 2.45) is 11.8 Å². The van der Waals surface area contributed by atoms with Crippen LogP contribution in [0.2, 0.25) is 5.02 Å². The van der Waals surface area contributed by atoms with Gasteiger partial charge in [0.15, 0.2) is 0 Å². The summed E-state index contributed by atoms with van der Waals surface area (Å²) in [5, 5.41) is 6.15. The summed E-state index contributed by atoms with van der Waals surface area (Å²) in [6.07, 6.45) is -1.35. The topological polar surface area (TPSA) is 12.0 Å². The number of hydrogen-bond acceptors (Lipinski definition) is 2. The van der Waals surface area contributed by atoms with Crippen LogP contribution in [0.4, 0.5) is 13.2 Å². The van der Waals surface area contributed by atoms with E-state index in [1.165, 1.54) is 0 Å². The molecule has 21 heavy (non-hydrogen) atoms. The molecule has 1 N–H and O–H groups in total. The highest BCUT2D eigenvalue weighted by Gasteiger charge is 2.42. The van der Waals surface area contributed by atoms with E-state index in [-0.39, 0.29) is 24.8 Å². The van der Waals surface area contributed by atoms with Crippen molar-refractivity contribution in [2.75, 3.05) is 6.54 Å². The second-order valence-electron chi connectivity index (χ2n) is 5.72. The molecule has 1 nitrogen and oxygen atoms in total. The average molecular weight is 340 g/mol. The van der Waals surface area contributed by atoms with Gasteiger partial charge in [0.05, 0.1) is 10.9 Å². The van der Waals surface area contributed by atoms with Crippen LogP contribution in [-0.2, 0) is 0 Å². The number of alkyl halides is 3. The van der Waals surface area contributed by atoms with E-state index in [9.17, 15) is 13.2 Å². The molecule has 1 aromatic rings. The first-order valence-corrected chi connectivity index (χ1v) is 8.72. The zero-order valence-corrected chi connectivity index (χ0v) is 13.6. The second-order valence-corrected chi connectivity index (χ2v) is 7.07. The molecule has 1 fully saturated rings. The Morgan fingerprint density at radius 3 is 2.48 bits per heavy atom. The summed E-state index contributed by atoms with van der Waals surface area (Å²) in [4.78, 5) is 1.07. The molecule has 0 saturated heterocycles. The van der Waals surface area contributed by atoms with E-state index in [1.54, 1.807) is 11.3 Å². The Bertz CT molecular complexity index is 438. The van der Waals surface area contributed by atoms with Crippen molar-refractivity contribution in [3.8, 4) is 0 Å². The van der Waals surface area contributed by atoms with Crippen LogP contribution in [0.3, 0.4) is 0 Å². The molecular weight excluding hydrogens is 319 g/mol. The van der Waals surface area contributed by atoms with Crippen molar-refractivity contribution in [3.05, 3.63) is 21.3 Å². The molecule has 0 bridgehead atoms. The van der Waals surface area contributed by atoms with Gasteiger partial charge in [0, 0.05) is 10.9 Å². The average Bonchev–Trinajstić information content (AvgIpc) is 2.85. The molecule has 6 heteroatoms. The van der Waals surface area contributed by atoms with E-state index >= 15 is 0 Å². The SMILES string of the molecule is CCCNC(c1sccc1Cl)C1CCC(C(F)(F)F)CC1. The molecule has 0 amide bonds. The van der Waals surface area contributed by atoms with Crippen LogP contribution in [0.5, 0.6) is 0 Å². The number of thiophene rings is 1. The van der Waals surface area contributed by atoms with Crippen molar-refractivity contribution in [3.63, 3.8) is 0 Å². The lowest BCUT2D eigenvalue weighted by Gasteiger charge is -2.35. The van der Waals surface area contributed by atoms with E-state index in [1.807, 2.05) is 11.4 Å². The number of nitrogens with one attached hydrogen (secondary N) is 1. The fourth-order valence-electron chi connectivity index (χ4n) is 3.08. The lowest BCUT2D eigenvalue weighted by atomic mass is 9.77. The van der Waals surface area contributed by atoms with Crippen LogP contribution in [0, 0.1) is 11.8 Å². The Balaban J connectivity index is 2.04. The fraction of sp³-hybridized carbons (Fsp3) is 0.733. The van der Waals surface area contributed by atoms with Crippen LogP contribution in [0.25, 0.3) is 0 Å². The number of hydrogen-bond donors (Lipinski definition) is 1. The predicted octanol–water partition coefficient (Wildman–Crippen LogP) is 5.81. The second kappa shape index (κ2) is 7.34. The van der Waals surface area contributed by atoms with Crippen LogP contribution in [0.1, 0.15) is 49.9 Å². The molecule has 0 radical (unpaired) electrons. The lowest BCUT2D eigenvalue weighted by Crippen LogP contribution is -2.34. The van der Waals surface area contributed by atoms with Crippen molar-refractivity contribution in [1.29, 1.82) is 0 Å². The van der Waals surface area contributed by atoms with Crippen LogP contribution in [-0.4, -0.2) is 12.7 Å². The summed E-state index contributed by atoms with van der Waals surface area (Å²) in [5.41, 5.74) is 0. The molecule has 0 aromatic carbocycles. The zero-order valence-electron chi connectivity index (χ0n) is 12.0. The van der Waals surface area contributed by atoms with Gasteiger partial charge in [0.1, 0.15) is 0 Å². The first-order valence-electron chi connectivity index (χ1n) is 7.46. The minimum absolute atomic E-state index is 0.0895. The van der Waals surface area contributed by atoms with Crippen LogP contribution in [0.15, 0.2) is 11.4 Å². The summed E-state index contributed by atoms with van der Waals surface area (Å²) in [6.45, 7) is 2.94. The van der Waals surface area contributed by atoms with E-state index in [4.69, 9.17) is 11.6 Å². The lowest BCUT2D eigenvalue weighted by molar-refractivity contribution is -0.184. The van der Waals surface area contributed by atoms with Gasteiger partial charge in [-0.25, -0.2) is 0 Å². The standard InChI is InChI=1S/C15H21ClF3NS/c1-2-8-20-13(14-12(16)7-9-21-14)10-3-5-11(6-4-10)15(17,18)19/h7,9-11,13,20H,2-6,8H2,1H3. The molecule has 1 unspecified atom stereocenters. The Labute approximate surface area is 132 Å². The van der Waals surface area contributed by atoms with Gasteiger partial charge < -0.3 is 5.32 Å². The largest absolute Gasteiger partial charge is 0.391 e. The van der Waals surface area contributed by atoms with Crippen molar-refractivity contribution >= 4 is 22.9 Å². The normalized spacial score (nSPS) is 25.0. The van der Waals surface area contributed by atoms with Gasteiger partial charge in [-0.1, -0.05) is 18.5 Å². The van der Waals surface area contributed by atoms with E-state index in [0.29, 0.717) is 12.8 Å². The van der Waals surface area contributed by atoms with E-state index in [2.05, 4.69) is 12.2 Å². The summed E-state index contributed by atoms with van der Waals surface area (Å²) >= 11 is 7.82. The van der Waals surface area contributed by atoms with Gasteiger partial charge in [-0.2, -0.15) is 13.2 Å². The first kappa shape index (κ1) is 17.1. The van der Waals surface area contributed by atoms with Gasteiger partial charge in [0.2, 0.25) is 0 Å². The first-order chi connectivity index (χ1) is 9.93. The molecule has 1 saturated carbocycles. The maximum Gasteiger partial charge on any atom is 0.391 e. The van der Waals surface area contributed by atoms with E-state index < -0.39 is 12.1 Å². The van der Waals surface area contributed by atoms with Gasteiger partial charge in [-0.05, 0) is 56.0 Å². The molecule has 1 aromatic heterocycles. The highest BCUT2D eigenvalue weighted by Crippen LogP contribution is 2.45. The number of halogens is 4. The van der Waals surface area contributed by atoms with Crippen LogP contribution >= 0.6 is 22.9 Å². The van der Waals surface area contributed by atoms with Gasteiger partial charge >= 0.3 is 6.18 Å². The molecule has 2 rings (SSSR count). The predicted molar refractivity (Wildman–Crippen MR) is 81.9 cm³/mol. The number of rotatable bonds is 5. The molecule has 0 aliphatic heterocycles. The van der Waals surface area contributed by atoms with Crippen molar-refractivity contribution in [1.82, 2.24) is 5.32 Å². The smallest absolute Gasteiger partial charge is 0.309 e. The Morgan fingerprint density at radius 1 is 1.33 bits per heavy atom. The monoisotopic (exact) mass is 339 g/mol. The summed E-state index contributed by atoms with van der Waals surface area (Å²) in [7, 11) is 0. The molecule has 1 aliphatic rings. The zero-order chi connectivity index (χ0) is 15.5. The summed E-state index contributed by atoms with van der Waals surface area (Å²) < 4.78 is 38.3. The highest BCUT2D eigenvalue weighted by atomic mass is 35.5. The quantitative estimate of drug-likeness (QED) is 0.713.